The van der Waals surface area contributed by atoms with Crippen LogP contribution >= 0.6 is 0 Å². The van der Waals surface area contributed by atoms with Crippen LogP contribution in [0.1, 0.15) is 0 Å². The molecule has 7 heteroatoms. The summed E-state index contributed by atoms with van der Waals surface area (Å²) in [7, 11) is 0. The zero-order chi connectivity index (χ0) is 17.2. The molecule has 3 aromatic rings. The summed E-state index contributed by atoms with van der Waals surface area (Å²) in [6.07, 6.45) is 1.79. The van der Waals surface area contributed by atoms with Gasteiger partial charge in [0.05, 0.1) is 35.4 Å². The van der Waals surface area contributed by atoms with Crippen molar-refractivity contribution >= 4 is 22.5 Å². The van der Waals surface area contributed by atoms with E-state index in [0.717, 1.165) is 41.1 Å². The first-order valence-electron chi connectivity index (χ1n) is 8.05. The van der Waals surface area contributed by atoms with Crippen molar-refractivity contribution in [2.24, 2.45) is 0 Å². The first-order chi connectivity index (χ1) is 12.2. The Morgan fingerprint density at radius 2 is 1.72 bits per heavy atom. The van der Waals surface area contributed by atoms with E-state index in [-0.39, 0.29) is 5.69 Å². The molecule has 1 fully saturated rings. The molecule has 1 aromatic heterocycles. The van der Waals surface area contributed by atoms with Crippen molar-refractivity contribution in [3.05, 3.63) is 58.8 Å². The van der Waals surface area contributed by atoms with Crippen LogP contribution in [0, 0.1) is 10.1 Å². The summed E-state index contributed by atoms with van der Waals surface area (Å²) in [6.45, 7) is 3.01. The maximum Gasteiger partial charge on any atom is 0.269 e. The lowest BCUT2D eigenvalue weighted by Gasteiger charge is -2.27. The minimum Gasteiger partial charge on any atom is -0.378 e. The molecule has 4 rings (SSSR count). The van der Waals surface area contributed by atoms with Gasteiger partial charge in [0.2, 0.25) is 0 Å². The van der Waals surface area contributed by atoms with E-state index in [0.29, 0.717) is 13.2 Å². The lowest BCUT2D eigenvalue weighted by atomic mass is 10.0. The van der Waals surface area contributed by atoms with Crippen LogP contribution in [-0.4, -0.2) is 41.2 Å². The summed E-state index contributed by atoms with van der Waals surface area (Å²) in [6, 6.07) is 12.4. The van der Waals surface area contributed by atoms with Gasteiger partial charge < -0.3 is 9.64 Å². The Morgan fingerprint density at radius 1 is 1.00 bits per heavy atom. The Hall–Kier alpha value is -3.06. The Bertz CT molecular complexity index is 921. The quantitative estimate of drug-likeness (QED) is 0.540. The molecule has 126 valence electrons. The molecular weight excluding hydrogens is 320 g/mol. The summed E-state index contributed by atoms with van der Waals surface area (Å²) in [5, 5.41) is 10.8. The van der Waals surface area contributed by atoms with E-state index in [1.165, 1.54) is 12.1 Å². The van der Waals surface area contributed by atoms with Crippen LogP contribution < -0.4 is 4.90 Å². The highest BCUT2D eigenvalue weighted by atomic mass is 16.6. The number of non-ortho nitro benzene ring substituents is 1. The minimum absolute atomic E-state index is 0.0823. The molecule has 0 bridgehead atoms. The van der Waals surface area contributed by atoms with Gasteiger partial charge in [-0.1, -0.05) is 6.07 Å². The second-order valence-corrected chi connectivity index (χ2v) is 5.84. The highest BCUT2D eigenvalue weighted by Crippen LogP contribution is 2.26. The number of aromatic nitrogens is 2. The van der Waals surface area contributed by atoms with Gasteiger partial charge in [-0.15, -0.1) is 0 Å². The van der Waals surface area contributed by atoms with Gasteiger partial charge in [-0.25, -0.2) is 4.98 Å². The molecule has 1 saturated heterocycles. The molecule has 0 atom stereocenters. The number of nitrogens with zero attached hydrogens (tertiary/aromatic N) is 4. The zero-order valence-electron chi connectivity index (χ0n) is 13.5. The Morgan fingerprint density at radius 3 is 2.44 bits per heavy atom. The second-order valence-electron chi connectivity index (χ2n) is 5.84. The number of hydrogen-bond donors (Lipinski definition) is 0. The van der Waals surface area contributed by atoms with Crippen LogP contribution in [0.4, 0.5) is 11.5 Å². The van der Waals surface area contributed by atoms with E-state index in [2.05, 4.69) is 9.88 Å². The zero-order valence-corrected chi connectivity index (χ0v) is 13.5. The number of anilines is 1. The molecule has 2 aromatic carbocycles. The fourth-order valence-electron chi connectivity index (χ4n) is 2.90. The number of benzene rings is 2. The smallest absolute Gasteiger partial charge is 0.269 e. The third-order valence-corrected chi connectivity index (χ3v) is 4.28. The van der Waals surface area contributed by atoms with E-state index in [9.17, 15) is 10.1 Å². The lowest BCUT2D eigenvalue weighted by molar-refractivity contribution is -0.384. The topological polar surface area (TPSA) is 81.4 Å². The fraction of sp³-hybridized carbons (Fsp3) is 0.222. The molecule has 2 heterocycles. The Balaban J connectivity index is 1.69. The molecule has 1 aliphatic rings. The first-order valence-corrected chi connectivity index (χ1v) is 8.05. The Labute approximate surface area is 144 Å². The maximum absolute atomic E-state index is 10.8. The molecule has 0 radical (unpaired) electrons. The van der Waals surface area contributed by atoms with Crippen molar-refractivity contribution in [1.29, 1.82) is 0 Å². The van der Waals surface area contributed by atoms with Crippen molar-refractivity contribution in [2.45, 2.75) is 0 Å². The second kappa shape index (κ2) is 6.45. The van der Waals surface area contributed by atoms with E-state index in [1.54, 1.807) is 18.3 Å². The number of hydrogen-bond acceptors (Lipinski definition) is 6. The van der Waals surface area contributed by atoms with Gasteiger partial charge in [-0.3, -0.25) is 15.1 Å². The Kier molecular flexibility index (Phi) is 3.99. The maximum atomic E-state index is 10.8. The van der Waals surface area contributed by atoms with Gasteiger partial charge in [-0.05, 0) is 35.4 Å². The number of fused-ring (bicyclic) bond motifs is 1. The number of rotatable bonds is 3. The monoisotopic (exact) mass is 336 g/mol. The summed E-state index contributed by atoms with van der Waals surface area (Å²) < 4.78 is 5.37. The van der Waals surface area contributed by atoms with Crippen LogP contribution in [0.15, 0.2) is 48.7 Å². The average Bonchev–Trinajstić information content (AvgIpc) is 2.68. The van der Waals surface area contributed by atoms with Crippen molar-refractivity contribution in [1.82, 2.24) is 9.97 Å². The highest BCUT2D eigenvalue weighted by Gasteiger charge is 2.13. The van der Waals surface area contributed by atoms with Gasteiger partial charge in [0.15, 0.2) is 0 Å². The molecular formula is C18H16N4O3. The minimum atomic E-state index is -0.399. The van der Waals surface area contributed by atoms with Crippen molar-refractivity contribution in [2.75, 3.05) is 31.2 Å². The van der Waals surface area contributed by atoms with Gasteiger partial charge in [0.1, 0.15) is 5.82 Å². The molecule has 25 heavy (non-hydrogen) atoms. The summed E-state index contributed by atoms with van der Waals surface area (Å²) in [5.74, 6) is 0.844. The molecule has 7 nitrogen and oxygen atoms in total. The molecule has 0 spiro atoms. The predicted octanol–water partition coefficient (Wildman–Crippen LogP) is 3.04. The van der Waals surface area contributed by atoms with E-state index < -0.39 is 4.92 Å². The summed E-state index contributed by atoms with van der Waals surface area (Å²) in [5.41, 5.74) is 3.57. The van der Waals surface area contributed by atoms with Gasteiger partial charge in [-0.2, -0.15) is 0 Å². The first kappa shape index (κ1) is 15.5. The van der Waals surface area contributed by atoms with Crippen LogP contribution in [-0.2, 0) is 4.74 Å². The van der Waals surface area contributed by atoms with E-state index in [4.69, 9.17) is 9.72 Å². The van der Waals surface area contributed by atoms with Crippen LogP contribution in [0.25, 0.3) is 22.2 Å². The molecule has 0 N–H and O–H groups in total. The predicted molar refractivity (Wildman–Crippen MR) is 94.7 cm³/mol. The lowest BCUT2D eigenvalue weighted by Crippen LogP contribution is -2.36. The van der Waals surface area contributed by atoms with E-state index >= 15 is 0 Å². The highest BCUT2D eigenvalue weighted by molar-refractivity contribution is 5.82. The number of morpholine rings is 1. The van der Waals surface area contributed by atoms with Gasteiger partial charge >= 0.3 is 0 Å². The molecule has 0 saturated carbocycles. The van der Waals surface area contributed by atoms with Crippen LogP contribution in [0.2, 0.25) is 0 Å². The van der Waals surface area contributed by atoms with Crippen molar-refractivity contribution in [3.63, 3.8) is 0 Å². The SMILES string of the molecule is O=[N+]([O-])c1ccc(-c2ccc3ncc(N4CCOCC4)nc3c2)cc1. The van der Waals surface area contributed by atoms with Gasteiger partial charge in [0.25, 0.3) is 5.69 Å². The van der Waals surface area contributed by atoms with Gasteiger partial charge in [0, 0.05) is 25.2 Å². The van der Waals surface area contributed by atoms with Crippen molar-refractivity contribution in [3.8, 4) is 11.1 Å². The number of ether oxygens (including phenoxy) is 1. The number of nitro groups is 1. The third-order valence-electron chi connectivity index (χ3n) is 4.28. The normalized spacial score (nSPS) is 14.6. The molecule has 0 amide bonds. The van der Waals surface area contributed by atoms with Crippen LogP contribution in [0.3, 0.4) is 0 Å². The third kappa shape index (κ3) is 3.14. The van der Waals surface area contributed by atoms with E-state index in [1.807, 2.05) is 18.2 Å². The number of nitro benzene ring substituents is 1. The molecule has 0 aliphatic carbocycles. The van der Waals surface area contributed by atoms with Crippen LogP contribution in [0.5, 0.6) is 0 Å². The summed E-state index contributed by atoms with van der Waals surface area (Å²) >= 11 is 0. The van der Waals surface area contributed by atoms with Crippen molar-refractivity contribution < 1.29 is 9.66 Å². The standard InChI is InChI=1S/C18H16N4O3/c23-22(24)15-4-1-13(2-5-15)14-3-6-16-17(11-14)20-18(12-19-16)21-7-9-25-10-8-21/h1-6,11-12H,7-10H2. The molecule has 1 aliphatic heterocycles. The average molecular weight is 336 g/mol. The molecule has 0 unspecified atom stereocenters. The largest absolute Gasteiger partial charge is 0.378 e. The summed E-state index contributed by atoms with van der Waals surface area (Å²) in [4.78, 5) is 21.8. The fourth-order valence-corrected chi connectivity index (χ4v) is 2.90.